The highest BCUT2D eigenvalue weighted by atomic mass is 16.3. The van der Waals surface area contributed by atoms with Gasteiger partial charge in [0, 0.05) is 60.6 Å². The van der Waals surface area contributed by atoms with E-state index >= 15 is 0 Å². The summed E-state index contributed by atoms with van der Waals surface area (Å²) >= 11 is 0. The Kier molecular flexibility index (Phi) is 8.06. The number of rotatable bonds is 5. The van der Waals surface area contributed by atoms with E-state index in [4.69, 9.17) is 8.83 Å². The third-order valence-electron chi connectivity index (χ3n) is 15.1. The van der Waals surface area contributed by atoms with Crippen molar-refractivity contribution in [2.75, 3.05) is 4.90 Å². The van der Waals surface area contributed by atoms with E-state index in [0.29, 0.717) is 0 Å². The summed E-state index contributed by atoms with van der Waals surface area (Å²) in [5.74, 6) is 0. The van der Waals surface area contributed by atoms with Gasteiger partial charge in [-0.1, -0.05) is 154 Å². The Hall–Kier alpha value is -7.62. The van der Waals surface area contributed by atoms with Crippen LogP contribution in [0.2, 0.25) is 0 Å². The third-order valence-corrected chi connectivity index (χ3v) is 15.1. The fourth-order valence-corrected chi connectivity index (χ4v) is 11.5. The van der Waals surface area contributed by atoms with Crippen molar-refractivity contribution in [1.29, 1.82) is 0 Å². The Morgan fingerprint density at radius 1 is 0.364 bits per heavy atom. The van der Waals surface area contributed by atoms with Crippen LogP contribution in [-0.4, -0.2) is 0 Å². The van der Waals surface area contributed by atoms with E-state index in [1.165, 1.54) is 83.1 Å². The Balaban J connectivity index is 1.00. The van der Waals surface area contributed by atoms with Crippen LogP contribution in [0.3, 0.4) is 0 Å². The normalized spacial score (nSPS) is 14.2. The molecule has 2 aliphatic carbocycles. The predicted octanol–water partition coefficient (Wildman–Crippen LogP) is 17.8. The molecule has 0 amide bonds. The first kappa shape index (κ1) is 38.8. The zero-order valence-electron chi connectivity index (χ0n) is 38.4. The fourth-order valence-electron chi connectivity index (χ4n) is 11.5. The summed E-state index contributed by atoms with van der Waals surface area (Å²) in [6.07, 6.45) is 0. The molecule has 0 aliphatic heterocycles. The van der Waals surface area contributed by atoms with E-state index in [1.54, 1.807) is 0 Å². The number of nitrogens with zero attached hydrogens (tertiary/aromatic N) is 1. The minimum absolute atomic E-state index is 0.291. The van der Waals surface area contributed by atoms with Crippen LogP contribution in [0.15, 0.2) is 179 Å². The number of furan rings is 2. The van der Waals surface area contributed by atoms with Crippen LogP contribution in [0, 0.1) is 20.8 Å². The van der Waals surface area contributed by atoms with Gasteiger partial charge in [0.2, 0.25) is 0 Å². The Labute approximate surface area is 385 Å². The molecule has 0 radical (unpaired) electrons. The van der Waals surface area contributed by atoms with Crippen molar-refractivity contribution in [2.45, 2.75) is 59.3 Å². The minimum atomic E-state index is -0.291. The summed E-state index contributed by atoms with van der Waals surface area (Å²) in [6, 6.07) is 62.9. The van der Waals surface area contributed by atoms with Crippen LogP contribution < -0.4 is 4.90 Å². The predicted molar refractivity (Wildman–Crippen MR) is 276 cm³/mol. The van der Waals surface area contributed by atoms with Gasteiger partial charge in [0.1, 0.15) is 22.3 Å². The van der Waals surface area contributed by atoms with Gasteiger partial charge in [-0.05, 0) is 137 Å². The lowest BCUT2D eigenvalue weighted by atomic mass is 9.80. The van der Waals surface area contributed by atoms with Gasteiger partial charge in [-0.3, -0.25) is 0 Å². The maximum Gasteiger partial charge on any atom is 0.143 e. The average molecular weight is 852 g/mol. The van der Waals surface area contributed by atoms with Gasteiger partial charge in [0.25, 0.3) is 0 Å². The Bertz CT molecular complexity index is 3590. The molecule has 0 fully saturated rings. The van der Waals surface area contributed by atoms with E-state index in [2.05, 4.69) is 223 Å². The topological polar surface area (TPSA) is 29.5 Å². The molecule has 2 aliphatic rings. The number of benzene rings is 9. The van der Waals surface area contributed by atoms with Crippen LogP contribution in [0.1, 0.15) is 66.6 Å². The second-order valence-electron chi connectivity index (χ2n) is 19.9. The van der Waals surface area contributed by atoms with Gasteiger partial charge in [-0.2, -0.15) is 0 Å². The Morgan fingerprint density at radius 2 is 0.742 bits per heavy atom. The monoisotopic (exact) mass is 851 g/mol. The minimum Gasteiger partial charge on any atom is -0.455 e. The molecule has 0 bridgehead atoms. The van der Waals surface area contributed by atoms with Crippen molar-refractivity contribution in [2.24, 2.45) is 0 Å². The Morgan fingerprint density at radius 3 is 1.17 bits per heavy atom. The summed E-state index contributed by atoms with van der Waals surface area (Å²) in [5, 5.41) is 4.69. The van der Waals surface area contributed by atoms with Crippen molar-refractivity contribution >= 4 is 60.9 Å². The average Bonchev–Trinajstić information content (AvgIpc) is 4.03. The second kappa shape index (κ2) is 13.7. The van der Waals surface area contributed by atoms with E-state index < -0.39 is 0 Å². The number of hydrogen-bond acceptors (Lipinski definition) is 3. The van der Waals surface area contributed by atoms with Crippen molar-refractivity contribution in [3.63, 3.8) is 0 Å². The lowest BCUT2D eigenvalue weighted by Crippen LogP contribution is -2.18. The molecule has 0 saturated carbocycles. The van der Waals surface area contributed by atoms with E-state index in [-0.39, 0.29) is 10.8 Å². The lowest BCUT2D eigenvalue weighted by Gasteiger charge is -2.30. The van der Waals surface area contributed by atoms with Gasteiger partial charge in [-0.15, -0.1) is 0 Å². The molecule has 2 aromatic heterocycles. The summed E-state index contributed by atoms with van der Waals surface area (Å²) < 4.78 is 13.6. The smallest absolute Gasteiger partial charge is 0.143 e. The van der Waals surface area contributed by atoms with Crippen LogP contribution in [-0.2, 0) is 10.8 Å². The largest absolute Gasteiger partial charge is 0.455 e. The van der Waals surface area contributed by atoms with Gasteiger partial charge in [-0.25, -0.2) is 0 Å². The molecular formula is C63H49NO2. The molecular weight excluding hydrogens is 803 g/mol. The molecule has 66 heavy (non-hydrogen) atoms. The van der Waals surface area contributed by atoms with Gasteiger partial charge in [0.05, 0.1) is 0 Å². The molecule has 0 unspecified atom stereocenters. The lowest BCUT2D eigenvalue weighted by molar-refractivity contribution is 0.657. The number of para-hydroxylation sites is 2. The summed E-state index contributed by atoms with van der Waals surface area (Å²) in [6.45, 7) is 16.0. The van der Waals surface area contributed by atoms with E-state index in [1.807, 2.05) is 0 Å². The highest BCUT2D eigenvalue weighted by molar-refractivity contribution is 6.20. The zero-order chi connectivity index (χ0) is 44.8. The zero-order valence-corrected chi connectivity index (χ0v) is 38.4. The second-order valence-corrected chi connectivity index (χ2v) is 19.9. The van der Waals surface area contributed by atoms with Gasteiger partial charge in [0.15, 0.2) is 0 Å². The number of anilines is 3. The highest BCUT2D eigenvalue weighted by Crippen LogP contribution is 2.58. The summed E-state index contributed by atoms with van der Waals surface area (Å²) in [4.78, 5) is 2.46. The quantitative estimate of drug-likeness (QED) is 0.173. The molecule has 2 heterocycles. The van der Waals surface area contributed by atoms with Crippen molar-refractivity contribution in [3.05, 3.63) is 209 Å². The van der Waals surface area contributed by atoms with Crippen LogP contribution in [0.4, 0.5) is 17.1 Å². The molecule has 3 heteroatoms. The number of fused-ring (bicyclic) bond motifs is 14. The molecule has 0 saturated heterocycles. The van der Waals surface area contributed by atoms with Crippen molar-refractivity contribution in [1.82, 2.24) is 0 Å². The SMILES string of the molecule is Cc1ccc(-c2cc3c(c4c2oc2ccccc24)-c2ccc(N(c4ccc(C)cc4)c4ccc5c(c4)C(C)(C)c4cc(-c6ccc(C)cc6)c6oc7ccccc7c6c4-5)cc2C3(C)C)cc1. The third kappa shape index (κ3) is 5.43. The van der Waals surface area contributed by atoms with Crippen molar-refractivity contribution < 1.29 is 8.83 Å². The molecule has 0 spiro atoms. The molecule has 0 N–H and O–H groups in total. The molecule has 13 rings (SSSR count). The maximum atomic E-state index is 6.80. The summed E-state index contributed by atoms with van der Waals surface area (Å²) in [7, 11) is 0. The van der Waals surface area contributed by atoms with Crippen LogP contribution in [0.25, 0.3) is 88.4 Å². The number of aryl methyl sites for hydroxylation is 3. The van der Waals surface area contributed by atoms with E-state index in [9.17, 15) is 0 Å². The van der Waals surface area contributed by atoms with Gasteiger partial charge >= 0.3 is 0 Å². The van der Waals surface area contributed by atoms with Crippen LogP contribution in [0.5, 0.6) is 0 Å². The maximum absolute atomic E-state index is 6.80. The van der Waals surface area contributed by atoms with E-state index in [0.717, 1.165) is 61.3 Å². The molecule has 11 aromatic rings. The fraction of sp³-hybridized carbons (Fsp3) is 0.143. The summed E-state index contributed by atoms with van der Waals surface area (Å²) in [5.41, 5.74) is 25.2. The standard InChI is InChI=1S/C63H49NO2/c1-36-16-22-39(23-17-36)48-34-52-56(58-46-12-8-10-14-54(46)65-60(48)58)44-30-28-42(32-50(44)62(52,4)5)64(41-26-20-38(3)21-27-41)43-29-31-45-51(33-43)63(6,7)53-35-49(40-24-18-37(2)19-25-40)61-59(57(45)53)47-13-9-11-15-55(47)66-61/h8-35H,1-7H3. The molecule has 9 aromatic carbocycles. The first-order valence-corrected chi connectivity index (χ1v) is 23.2. The first-order valence-electron chi connectivity index (χ1n) is 23.2. The van der Waals surface area contributed by atoms with Gasteiger partial charge < -0.3 is 13.7 Å². The first-order chi connectivity index (χ1) is 32.0. The highest BCUT2D eigenvalue weighted by Gasteiger charge is 2.41. The molecule has 318 valence electrons. The molecule has 0 atom stereocenters. The number of hydrogen-bond donors (Lipinski definition) is 0. The molecule has 3 nitrogen and oxygen atoms in total. The van der Waals surface area contributed by atoms with Crippen molar-refractivity contribution in [3.8, 4) is 44.5 Å². The van der Waals surface area contributed by atoms with Crippen LogP contribution >= 0.6 is 0 Å².